The Bertz CT molecular complexity index is 1010. The van der Waals surface area contributed by atoms with Gasteiger partial charge in [0.2, 0.25) is 10.6 Å². The second kappa shape index (κ2) is 6.89. The van der Waals surface area contributed by atoms with Crippen molar-refractivity contribution < 1.29 is 0 Å². The molecule has 25 heavy (non-hydrogen) atoms. The first-order valence-corrected chi connectivity index (χ1v) is 9.13. The van der Waals surface area contributed by atoms with Crippen LogP contribution in [0.2, 0.25) is 0 Å². The van der Waals surface area contributed by atoms with Gasteiger partial charge in [0.05, 0.1) is 6.21 Å². The van der Waals surface area contributed by atoms with Gasteiger partial charge in [-0.25, -0.2) is 5.10 Å². The molecule has 8 heteroatoms. The predicted molar refractivity (Wildman–Crippen MR) is 104 cm³/mol. The Labute approximate surface area is 157 Å². The smallest absolute Gasteiger partial charge is 0.216 e. The lowest BCUT2D eigenvalue weighted by atomic mass is 10.2. The van der Waals surface area contributed by atoms with Crippen molar-refractivity contribution in [3.8, 4) is 11.5 Å². The molecular weight excluding hydrogens is 400 g/mol. The highest BCUT2D eigenvalue weighted by molar-refractivity contribution is 9.12. The molecule has 0 saturated heterocycles. The van der Waals surface area contributed by atoms with Crippen molar-refractivity contribution in [3.05, 3.63) is 56.4 Å². The lowest BCUT2D eigenvalue weighted by Crippen LogP contribution is -1.97. The van der Waals surface area contributed by atoms with Gasteiger partial charge in [0, 0.05) is 15.7 Å². The monoisotopic (exact) mass is 414 g/mol. The number of halogens is 1. The SMILES string of the molecule is S=c1[nH]nc(-c2n[nH]c3c2CCC3)n1/N=C\C(Br)=C/c1ccccc1. The number of hydrogen-bond donors (Lipinski definition) is 2. The average Bonchev–Trinajstić information content (AvgIpc) is 3.30. The molecule has 4 rings (SSSR count). The summed E-state index contributed by atoms with van der Waals surface area (Å²) in [6.45, 7) is 0. The largest absolute Gasteiger partial charge is 0.282 e. The van der Waals surface area contributed by atoms with Crippen molar-refractivity contribution >= 4 is 40.4 Å². The molecule has 0 unspecified atom stereocenters. The number of benzene rings is 1. The van der Waals surface area contributed by atoms with Gasteiger partial charge in [-0.1, -0.05) is 30.3 Å². The molecule has 3 aromatic rings. The van der Waals surface area contributed by atoms with Crippen LogP contribution in [0.3, 0.4) is 0 Å². The fourth-order valence-corrected chi connectivity index (χ4v) is 3.45. The number of nitrogens with one attached hydrogen (secondary N) is 2. The van der Waals surface area contributed by atoms with Gasteiger partial charge >= 0.3 is 0 Å². The van der Waals surface area contributed by atoms with Crippen LogP contribution in [0, 0.1) is 4.77 Å². The standard InChI is InChI=1S/C17H15BrN6S/c18-12(9-11-5-2-1-3-6-11)10-19-24-16(22-23-17(24)25)15-13-7-4-8-14(13)20-21-15/h1-3,5-6,9-10H,4,7-8H2,(H,20,21)(H,23,25)/b12-9+,19-10-. The van der Waals surface area contributed by atoms with Crippen LogP contribution in [0.15, 0.2) is 39.9 Å². The topological polar surface area (TPSA) is 74.7 Å². The summed E-state index contributed by atoms with van der Waals surface area (Å²) in [6.07, 6.45) is 6.86. The summed E-state index contributed by atoms with van der Waals surface area (Å²) in [4.78, 5) is 0. The highest BCUT2D eigenvalue weighted by atomic mass is 79.9. The summed E-state index contributed by atoms with van der Waals surface area (Å²) >= 11 is 8.83. The first-order valence-electron chi connectivity index (χ1n) is 7.93. The maximum absolute atomic E-state index is 5.31. The molecule has 0 atom stereocenters. The number of fused-ring (bicyclic) bond motifs is 1. The van der Waals surface area contributed by atoms with Crippen LogP contribution >= 0.6 is 28.1 Å². The van der Waals surface area contributed by atoms with Crippen LogP contribution < -0.4 is 0 Å². The lowest BCUT2D eigenvalue weighted by Gasteiger charge is -1.99. The zero-order chi connectivity index (χ0) is 17.2. The summed E-state index contributed by atoms with van der Waals surface area (Å²) < 4.78 is 2.87. The Kier molecular flexibility index (Phi) is 4.46. The molecular formula is C17H15BrN6S. The molecule has 6 nitrogen and oxygen atoms in total. The Morgan fingerprint density at radius 1 is 1.20 bits per heavy atom. The summed E-state index contributed by atoms with van der Waals surface area (Å²) in [5, 5.41) is 19.1. The normalized spacial score (nSPS) is 14.4. The van der Waals surface area contributed by atoms with Crippen LogP contribution in [0.4, 0.5) is 0 Å². The Morgan fingerprint density at radius 3 is 2.88 bits per heavy atom. The molecule has 0 fully saturated rings. The Balaban J connectivity index is 1.66. The van der Waals surface area contributed by atoms with E-state index < -0.39 is 0 Å². The van der Waals surface area contributed by atoms with E-state index in [1.54, 1.807) is 10.9 Å². The maximum atomic E-state index is 5.31. The molecule has 2 N–H and O–H groups in total. The zero-order valence-corrected chi connectivity index (χ0v) is 15.6. The first-order chi connectivity index (χ1) is 12.2. The third kappa shape index (κ3) is 3.27. The van der Waals surface area contributed by atoms with Crippen molar-refractivity contribution in [1.82, 2.24) is 25.1 Å². The summed E-state index contributed by atoms with van der Waals surface area (Å²) in [5.74, 6) is 0.626. The Hall–Kier alpha value is -2.32. The van der Waals surface area contributed by atoms with Crippen LogP contribution in [-0.4, -0.2) is 31.3 Å². The van der Waals surface area contributed by atoms with Gasteiger partial charge < -0.3 is 0 Å². The number of H-pyrrole nitrogens is 2. The van der Waals surface area contributed by atoms with Gasteiger partial charge in [0.1, 0.15) is 5.69 Å². The molecule has 1 aliphatic carbocycles. The first kappa shape index (κ1) is 16.2. The summed E-state index contributed by atoms with van der Waals surface area (Å²) in [7, 11) is 0. The Morgan fingerprint density at radius 2 is 2.04 bits per heavy atom. The second-order valence-corrected chi connectivity index (χ2v) is 7.03. The van der Waals surface area contributed by atoms with Gasteiger partial charge in [-0.05, 0) is 59.0 Å². The number of aromatic amines is 2. The van der Waals surface area contributed by atoms with E-state index in [-0.39, 0.29) is 0 Å². The highest BCUT2D eigenvalue weighted by Gasteiger charge is 2.23. The average molecular weight is 415 g/mol. The van der Waals surface area contributed by atoms with E-state index in [2.05, 4.69) is 41.4 Å². The zero-order valence-electron chi connectivity index (χ0n) is 13.2. The molecule has 126 valence electrons. The number of allylic oxidation sites excluding steroid dienone is 1. The summed E-state index contributed by atoms with van der Waals surface area (Å²) in [5.41, 5.74) is 4.30. The number of nitrogens with zero attached hydrogens (tertiary/aromatic N) is 4. The summed E-state index contributed by atoms with van der Waals surface area (Å²) in [6, 6.07) is 10.0. The maximum Gasteiger partial charge on any atom is 0.216 e. The van der Waals surface area contributed by atoms with Crippen molar-refractivity contribution in [2.75, 3.05) is 0 Å². The third-order valence-electron chi connectivity index (χ3n) is 4.07. The predicted octanol–water partition coefficient (Wildman–Crippen LogP) is 4.09. The van der Waals surface area contributed by atoms with E-state index >= 15 is 0 Å². The van der Waals surface area contributed by atoms with Crippen molar-refractivity contribution in [2.24, 2.45) is 5.10 Å². The molecule has 0 spiro atoms. The number of rotatable bonds is 4. The third-order valence-corrected chi connectivity index (χ3v) is 4.77. The number of hydrogen-bond acceptors (Lipinski definition) is 4. The van der Waals surface area contributed by atoms with Gasteiger partial charge in [0.25, 0.3) is 0 Å². The van der Waals surface area contributed by atoms with E-state index in [0.717, 1.165) is 35.0 Å². The molecule has 2 aromatic heterocycles. The van der Waals surface area contributed by atoms with Crippen molar-refractivity contribution in [3.63, 3.8) is 0 Å². The van der Waals surface area contributed by atoms with E-state index in [0.29, 0.717) is 10.6 Å². The molecule has 0 saturated carbocycles. The minimum Gasteiger partial charge on any atom is -0.282 e. The minimum absolute atomic E-state index is 0.431. The van der Waals surface area contributed by atoms with Gasteiger partial charge in [0.15, 0.2) is 0 Å². The second-order valence-electron chi connectivity index (χ2n) is 5.73. The molecule has 0 radical (unpaired) electrons. The number of aromatic nitrogens is 5. The molecule has 0 bridgehead atoms. The lowest BCUT2D eigenvalue weighted by molar-refractivity contribution is 0.844. The van der Waals surface area contributed by atoms with Gasteiger partial charge in [-0.2, -0.15) is 20.0 Å². The van der Waals surface area contributed by atoms with Crippen molar-refractivity contribution in [2.45, 2.75) is 19.3 Å². The highest BCUT2D eigenvalue weighted by Crippen LogP contribution is 2.29. The van der Waals surface area contributed by atoms with Crippen LogP contribution in [-0.2, 0) is 12.8 Å². The molecule has 0 aliphatic heterocycles. The molecule has 0 amide bonds. The van der Waals surface area contributed by atoms with E-state index in [9.17, 15) is 0 Å². The van der Waals surface area contributed by atoms with Crippen LogP contribution in [0.25, 0.3) is 17.6 Å². The van der Waals surface area contributed by atoms with Gasteiger partial charge in [-0.3, -0.25) is 5.10 Å². The molecule has 1 aromatic carbocycles. The minimum atomic E-state index is 0.431. The fourth-order valence-electron chi connectivity index (χ4n) is 2.91. The van der Waals surface area contributed by atoms with E-state index in [1.807, 2.05) is 36.4 Å². The molecule has 2 heterocycles. The molecule has 1 aliphatic rings. The quantitative estimate of drug-likeness (QED) is 0.498. The van der Waals surface area contributed by atoms with Crippen LogP contribution in [0.1, 0.15) is 23.2 Å². The number of aryl methyl sites for hydroxylation is 1. The van der Waals surface area contributed by atoms with E-state index in [4.69, 9.17) is 12.2 Å². The van der Waals surface area contributed by atoms with Crippen molar-refractivity contribution in [1.29, 1.82) is 0 Å². The van der Waals surface area contributed by atoms with E-state index in [1.165, 1.54) is 11.3 Å². The van der Waals surface area contributed by atoms with Gasteiger partial charge in [-0.15, -0.1) is 0 Å². The van der Waals surface area contributed by atoms with Crippen LogP contribution in [0.5, 0.6) is 0 Å². The fraction of sp³-hybridized carbons (Fsp3) is 0.176.